The van der Waals surface area contributed by atoms with E-state index in [9.17, 15) is 13.2 Å². The average molecular weight is 550 g/mol. The molecule has 1 amide bonds. The number of rotatable bonds is 9. The second kappa shape index (κ2) is 10.6. The van der Waals surface area contributed by atoms with Crippen LogP contribution in [0.3, 0.4) is 0 Å². The molecule has 2 aromatic carbocycles. The summed E-state index contributed by atoms with van der Waals surface area (Å²) < 4.78 is 29.8. The van der Waals surface area contributed by atoms with Gasteiger partial charge in [0.05, 0.1) is 20.8 Å². The van der Waals surface area contributed by atoms with Gasteiger partial charge in [-0.25, -0.2) is 13.4 Å². The molecule has 0 bridgehead atoms. The molecule has 0 aliphatic carbocycles. The molecule has 0 saturated carbocycles. The number of aryl methyl sites for hydroxylation is 1. The van der Waals surface area contributed by atoms with Crippen LogP contribution in [0.2, 0.25) is 0 Å². The lowest BCUT2D eigenvalue weighted by Gasteiger charge is -2.19. The molecule has 0 atom stereocenters. The molecule has 0 unspecified atom stereocenters. The second-order valence-electron chi connectivity index (χ2n) is 9.89. The van der Waals surface area contributed by atoms with E-state index in [2.05, 4.69) is 56.5 Å². The van der Waals surface area contributed by atoms with E-state index in [4.69, 9.17) is 4.98 Å². The quantitative estimate of drug-likeness (QED) is 0.270. The van der Waals surface area contributed by atoms with Crippen molar-refractivity contribution < 1.29 is 13.2 Å². The van der Waals surface area contributed by atoms with Crippen molar-refractivity contribution in [3.63, 3.8) is 0 Å². The molecular formula is C28H31N5O3S2. The number of anilines is 1. The van der Waals surface area contributed by atoms with E-state index < -0.39 is 10.0 Å². The fourth-order valence-corrected chi connectivity index (χ4v) is 6.23. The lowest BCUT2D eigenvalue weighted by Crippen LogP contribution is -2.31. The van der Waals surface area contributed by atoms with Crippen molar-refractivity contribution in [3.05, 3.63) is 90.7 Å². The number of carbonyl (C=O) groups excluding carboxylic acids is 1. The average Bonchev–Trinajstić information content (AvgIpc) is 3.45. The van der Waals surface area contributed by atoms with E-state index in [1.54, 1.807) is 10.7 Å². The van der Waals surface area contributed by atoms with Crippen LogP contribution in [0.5, 0.6) is 0 Å². The SMILES string of the molecule is C=CCN(CC=C)S(=O)(=O)c1ccc(C(=O)Nc2cc(C)nn2-c2nc3ccc(C(C)(C)C)cc3s2)cc1. The predicted molar refractivity (Wildman–Crippen MR) is 154 cm³/mol. The first-order chi connectivity index (χ1) is 17.9. The molecule has 198 valence electrons. The van der Waals surface area contributed by atoms with Gasteiger partial charge in [-0.1, -0.05) is 50.3 Å². The third kappa shape index (κ3) is 5.62. The van der Waals surface area contributed by atoms with Gasteiger partial charge in [-0.05, 0) is 54.3 Å². The minimum absolute atomic E-state index is 0.0181. The van der Waals surface area contributed by atoms with E-state index >= 15 is 0 Å². The Morgan fingerprint density at radius 2 is 1.74 bits per heavy atom. The molecule has 4 rings (SSSR count). The minimum Gasteiger partial charge on any atom is -0.306 e. The van der Waals surface area contributed by atoms with E-state index in [1.165, 1.54) is 57.6 Å². The maximum atomic E-state index is 13.1. The summed E-state index contributed by atoms with van der Waals surface area (Å²) in [6, 6.07) is 13.8. The number of hydrogen-bond acceptors (Lipinski definition) is 6. The highest BCUT2D eigenvalue weighted by molar-refractivity contribution is 7.89. The molecule has 38 heavy (non-hydrogen) atoms. The van der Waals surface area contributed by atoms with E-state index in [-0.39, 0.29) is 29.3 Å². The van der Waals surface area contributed by atoms with Crippen LogP contribution in [0.4, 0.5) is 5.82 Å². The monoisotopic (exact) mass is 549 g/mol. The Kier molecular flexibility index (Phi) is 7.68. The summed E-state index contributed by atoms with van der Waals surface area (Å²) in [5.41, 5.74) is 3.13. The lowest BCUT2D eigenvalue weighted by atomic mass is 9.87. The Balaban J connectivity index is 1.59. The minimum atomic E-state index is -3.75. The molecule has 10 heteroatoms. The van der Waals surface area contributed by atoms with Gasteiger partial charge in [0.2, 0.25) is 15.2 Å². The lowest BCUT2D eigenvalue weighted by molar-refractivity contribution is 0.102. The molecule has 2 aromatic heterocycles. The van der Waals surface area contributed by atoms with E-state index in [0.29, 0.717) is 16.5 Å². The standard InChI is InChI=1S/C28H31N5O3S2/c1-7-15-32(16-8-2)38(35,36)22-12-9-20(10-13-22)26(34)30-25-17-19(3)31-33(25)27-29-23-14-11-21(28(4,5)6)18-24(23)37-27/h7-14,17-18H,1-2,15-16H2,3-6H3,(H,30,34). The Labute approximate surface area is 227 Å². The third-order valence-corrected chi connectivity index (χ3v) is 8.76. The zero-order valence-corrected chi connectivity index (χ0v) is 23.6. The maximum Gasteiger partial charge on any atom is 0.256 e. The van der Waals surface area contributed by atoms with Crippen LogP contribution in [0.1, 0.15) is 42.4 Å². The summed E-state index contributed by atoms with van der Waals surface area (Å²) in [6.45, 7) is 15.9. The molecule has 0 aliphatic heterocycles. The van der Waals surface area contributed by atoms with Crippen molar-refractivity contribution in [2.45, 2.75) is 38.0 Å². The van der Waals surface area contributed by atoms with Crippen LogP contribution < -0.4 is 5.32 Å². The largest absolute Gasteiger partial charge is 0.306 e. The highest BCUT2D eigenvalue weighted by atomic mass is 32.2. The zero-order valence-electron chi connectivity index (χ0n) is 21.9. The van der Waals surface area contributed by atoms with Gasteiger partial charge in [0.25, 0.3) is 5.91 Å². The predicted octanol–water partition coefficient (Wildman–Crippen LogP) is 5.70. The van der Waals surface area contributed by atoms with Crippen molar-refractivity contribution in [1.82, 2.24) is 19.1 Å². The van der Waals surface area contributed by atoms with Gasteiger partial charge in [0.1, 0.15) is 5.82 Å². The fraction of sp³-hybridized carbons (Fsp3) is 0.250. The number of amides is 1. The van der Waals surface area contributed by atoms with Gasteiger partial charge >= 0.3 is 0 Å². The Hall–Kier alpha value is -3.60. The molecule has 4 aromatic rings. The number of fused-ring (bicyclic) bond motifs is 1. The summed E-state index contributed by atoms with van der Waals surface area (Å²) in [6.07, 6.45) is 3.03. The van der Waals surface area contributed by atoms with Gasteiger partial charge in [-0.15, -0.1) is 13.2 Å². The first kappa shape index (κ1) is 27.4. The molecule has 0 saturated heterocycles. The summed E-state index contributed by atoms with van der Waals surface area (Å²) in [5, 5.41) is 8.07. The van der Waals surface area contributed by atoms with Crippen LogP contribution in [0.25, 0.3) is 15.3 Å². The Bertz CT molecular complexity index is 1600. The van der Waals surface area contributed by atoms with E-state index in [1.807, 2.05) is 13.0 Å². The molecule has 0 aliphatic rings. The molecule has 2 heterocycles. The smallest absolute Gasteiger partial charge is 0.256 e. The number of hydrogen-bond donors (Lipinski definition) is 1. The van der Waals surface area contributed by atoms with Crippen LogP contribution in [-0.4, -0.2) is 46.5 Å². The van der Waals surface area contributed by atoms with Crippen molar-refractivity contribution in [1.29, 1.82) is 0 Å². The first-order valence-corrected chi connectivity index (χ1v) is 14.3. The molecule has 0 radical (unpaired) electrons. The maximum absolute atomic E-state index is 13.1. The van der Waals surface area contributed by atoms with Crippen molar-refractivity contribution in [2.75, 3.05) is 18.4 Å². The summed E-state index contributed by atoms with van der Waals surface area (Å²) in [7, 11) is -3.75. The van der Waals surface area contributed by atoms with Gasteiger partial charge in [0, 0.05) is 24.7 Å². The van der Waals surface area contributed by atoms with Gasteiger partial charge in [-0.2, -0.15) is 14.1 Å². The van der Waals surface area contributed by atoms with Crippen LogP contribution in [0.15, 0.2) is 78.7 Å². The summed E-state index contributed by atoms with van der Waals surface area (Å²) >= 11 is 1.50. The highest BCUT2D eigenvalue weighted by Gasteiger charge is 2.23. The Morgan fingerprint density at radius 1 is 1.08 bits per heavy atom. The summed E-state index contributed by atoms with van der Waals surface area (Å²) in [4.78, 5) is 17.9. The van der Waals surface area contributed by atoms with Gasteiger partial charge in [-0.3, -0.25) is 4.79 Å². The van der Waals surface area contributed by atoms with E-state index in [0.717, 1.165) is 15.9 Å². The second-order valence-corrected chi connectivity index (χ2v) is 12.8. The number of sulfonamides is 1. The normalized spacial score (nSPS) is 12.1. The number of thiazole rings is 1. The zero-order chi connectivity index (χ0) is 27.7. The number of nitrogens with zero attached hydrogens (tertiary/aromatic N) is 4. The van der Waals surface area contributed by atoms with Crippen molar-refractivity contribution in [3.8, 4) is 5.13 Å². The number of nitrogens with one attached hydrogen (secondary N) is 1. The number of benzene rings is 2. The van der Waals surface area contributed by atoms with Crippen molar-refractivity contribution in [2.24, 2.45) is 0 Å². The summed E-state index contributed by atoms with van der Waals surface area (Å²) in [5.74, 6) is 0.0858. The Morgan fingerprint density at radius 3 is 2.34 bits per heavy atom. The highest BCUT2D eigenvalue weighted by Crippen LogP contribution is 2.32. The van der Waals surface area contributed by atoms with Gasteiger partial charge < -0.3 is 5.32 Å². The van der Waals surface area contributed by atoms with Crippen LogP contribution >= 0.6 is 11.3 Å². The number of carbonyl (C=O) groups is 1. The van der Waals surface area contributed by atoms with Gasteiger partial charge in [0.15, 0.2) is 0 Å². The topological polar surface area (TPSA) is 97.2 Å². The molecule has 1 N–H and O–H groups in total. The first-order valence-electron chi connectivity index (χ1n) is 12.1. The molecular weight excluding hydrogens is 518 g/mol. The number of aromatic nitrogens is 3. The third-order valence-electron chi connectivity index (χ3n) is 5.92. The van der Waals surface area contributed by atoms with Crippen molar-refractivity contribution >= 4 is 43.3 Å². The molecule has 0 fully saturated rings. The van der Waals surface area contributed by atoms with Crippen LogP contribution in [-0.2, 0) is 15.4 Å². The fourth-order valence-electron chi connectivity index (χ4n) is 3.88. The molecule has 0 spiro atoms. The molecule has 8 nitrogen and oxygen atoms in total. The van der Waals surface area contributed by atoms with Crippen LogP contribution in [0, 0.1) is 6.92 Å².